The van der Waals surface area contributed by atoms with Crippen molar-refractivity contribution in [2.24, 2.45) is 5.92 Å². The highest BCUT2D eigenvalue weighted by Crippen LogP contribution is 2.29. The predicted molar refractivity (Wildman–Crippen MR) is 67.7 cm³/mol. The molecule has 2 atom stereocenters. The molecule has 2 rings (SSSR count). The molecule has 0 bridgehead atoms. The van der Waals surface area contributed by atoms with E-state index in [1.807, 2.05) is 13.0 Å². The maximum Gasteiger partial charge on any atom is 0.0544 e. The van der Waals surface area contributed by atoms with Crippen LogP contribution in [0.25, 0.3) is 0 Å². The van der Waals surface area contributed by atoms with E-state index >= 15 is 0 Å². The quantitative estimate of drug-likeness (QED) is 0.816. The second-order valence-electron chi connectivity index (χ2n) is 4.61. The Morgan fingerprint density at radius 3 is 3.00 bits per heavy atom. The lowest BCUT2D eigenvalue weighted by molar-refractivity contribution is 0.491. The molecule has 16 heavy (non-hydrogen) atoms. The molecule has 0 radical (unpaired) electrons. The first kappa shape index (κ1) is 11.9. The van der Waals surface area contributed by atoms with Crippen molar-refractivity contribution in [2.75, 3.05) is 6.54 Å². The molecule has 0 spiro atoms. The molecule has 88 valence electrons. The molecule has 1 aromatic heterocycles. The summed E-state index contributed by atoms with van der Waals surface area (Å²) >= 11 is 6.23. The van der Waals surface area contributed by atoms with Crippen molar-refractivity contribution in [3.63, 3.8) is 0 Å². The minimum atomic E-state index is 0.373. The minimum Gasteiger partial charge on any atom is -0.311 e. The molecule has 2 nitrogen and oxygen atoms in total. The van der Waals surface area contributed by atoms with Crippen molar-refractivity contribution in [2.45, 2.75) is 38.1 Å². The van der Waals surface area contributed by atoms with Crippen LogP contribution in [0, 0.1) is 12.8 Å². The third-order valence-electron chi connectivity index (χ3n) is 3.22. The Bertz CT molecular complexity index is 340. The van der Waals surface area contributed by atoms with E-state index in [4.69, 9.17) is 11.6 Å². The summed E-state index contributed by atoms with van der Waals surface area (Å²) < 4.78 is 0. The first-order valence-corrected chi connectivity index (χ1v) is 6.46. The smallest absolute Gasteiger partial charge is 0.0544 e. The molecule has 1 saturated carbocycles. The molecule has 1 aromatic rings. The van der Waals surface area contributed by atoms with Gasteiger partial charge in [0, 0.05) is 17.6 Å². The molecule has 2 unspecified atom stereocenters. The van der Waals surface area contributed by atoms with Gasteiger partial charge in [-0.1, -0.05) is 12.5 Å². The third kappa shape index (κ3) is 3.19. The Labute approximate surface area is 102 Å². The number of nitrogens with zero attached hydrogens (tertiary/aromatic N) is 1. The number of hydrogen-bond acceptors (Lipinski definition) is 2. The molecule has 1 N–H and O–H groups in total. The molecule has 1 heterocycles. The SMILES string of the molecule is Cc1cccc(CNCC2CCCC2Cl)n1. The number of alkyl halides is 1. The Balaban J connectivity index is 1.75. The van der Waals surface area contributed by atoms with Gasteiger partial charge in [0.15, 0.2) is 0 Å². The van der Waals surface area contributed by atoms with Crippen LogP contribution in [0.1, 0.15) is 30.7 Å². The van der Waals surface area contributed by atoms with Gasteiger partial charge >= 0.3 is 0 Å². The number of halogens is 1. The summed E-state index contributed by atoms with van der Waals surface area (Å²) in [4.78, 5) is 4.46. The van der Waals surface area contributed by atoms with Crippen LogP contribution < -0.4 is 5.32 Å². The van der Waals surface area contributed by atoms with Crippen molar-refractivity contribution in [3.8, 4) is 0 Å². The summed E-state index contributed by atoms with van der Waals surface area (Å²) in [5, 5.41) is 3.83. The zero-order chi connectivity index (χ0) is 11.4. The summed E-state index contributed by atoms with van der Waals surface area (Å²) in [5.74, 6) is 0.645. The van der Waals surface area contributed by atoms with Crippen molar-refractivity contribution in [1.82, 2.24) is 10.3 Å². The van der Waals surface area contributed by atoms with E-state index < -0.39 is 0 Å². The van der Waals surface area contributed by atoms with Gasteiger partial charge in [0.2, 0.25) is 0 Å². The van der Waals surface area contributed by atoms with Gasteiger partial charge in [-0.3, -0.25) is 4.98 Å². The Hall–Kier alpha value is -0.600. The normalized spacial score (nSPS) is 24.9. The number of aryl methyl sites for hydroxylation is 1. The predicted octanol–water partition coefficient (Wildman–Crippen LogP) is 2.89. The second kappa shape index (κ2) is 5.65. The minimum absolute atomic E-state index is 0.373. The fourth-order valence-corrected chi connectivity index (χ4v) is 2.67. The van der Waals surface area contributed by atoms with Gasteiger partial charge in [0.1, 0.15) is 0 Å². The van der Waals surface area contributed by atoms with Crippen LogP contribution in [0.3, 0.4) is 0 Å². The van der Waals surface area contributed by atoms with Crippen LogP contribution in [0.2, 0.25) is 0 Å². The van der Waals surface area contributed by atoms with E-state index in [0.29, 0.717) is 11.3 Å². The van der Waals surface area contributed by atoms with Gasteiger partial charge in [-0.05, 0) is 44.4 Å². The van der Waals surface area contributed by atoms with Crippen molar-refractivity contribution >= 4 is 11.6 Å². The van der Waals surface area contributed by atoms with E-state index in [1.54, 1.807) is 0 Å². The lowest BCUT2D eigenvalue weighted by atomic mass is 10.1. The Morgan fingerprint density at radius 1 is 1.44 bits per heavy atom. The average Bonchev–Trinajstić information content (AvgIpc) is 2.65. The van der Waals surface area contributed by atoms with Gasteiger partial charge in [0.25, 0.3) is 0 Å². The lowest BCUT2D eigenvalue weighted by Crippen LogP contribution is -2.25. The largest absolute Gasteiger partial charge is 0.311 e. The van der Waals surface area contributed by atoms with E-state index in [-0.39, 0.29) is 0 Å². The molecule has 1 aliphatic rings. The fourth-order valence-electron chi connectivity index (χ4n) is 2.31. The zero-order valence-electron chi connectivity index (χ0n) is 9.75. The fraction of sp³-hybridized carbons (Fsp3) is 0.615. The lowest BCUT2D eigenvalue weighted by Gasteiger charge is -2.14. The van der Waals surface area contributed by atoms with Gasteiger partial charge < -0.3 is 5.32 Å². The number of rotatable bonds is 4. The van der Waals surface area contributed by atoms with E-state index in [9.17, 15) is 0 Å². The highest BCUT2D eigenvalue weighted by molar-refractivity contribution is 6.20. The number of hydrogen-bond donors (Lipinski definition) is 1. The molecule has 0 amide bonds. The first-order chi connectivity index (χ1) is 7.75. The second-order valence-corrected chi connectivity index (χ2v) is 5.17. The standard InChI is InChI=1S/C13H19ClN2/c1-10-4-2-6-12(16-10)9-15-8-11-5-3-7-13(11)14/h2,4,6,11,13,15H,3,5,7-9H2,1H3. The van der Waals surface area contributed by atoms with Crippen LogP contribution in [0.15, 0.2) is 18.2 Å². The van der Waals surface area contributed by atoms with E-state index in [2.05, 4.69) is 22.4 Å². The molecule has 1 fully saturated rings. The highest BCUT2D eigenvalue weighted by atomic mass is 35.5. The first-order valence-electron chi connectivity index (χ1n) is 6.03. The van der Waals surface area contributed by atoms with Crippen LogP contribution >= 0.6 is 11.6 Å². The van der Waals surface area contributed by atoms with Crippen LogP contribution in [-0.2, 0) is 6.54 Å². The topological polar surface area (TPSA) is 24.9 Å². The Kier molecular flexibility index (Phi) is 4.19. The third-order valence-corrected chi connectivity index (χ3v) is 3.80. The number of pyridine rings is 1. The summed E-state index contributed by atoms with van der Waals surface area (Å²) in [5.41, 5.74) is 2.19. The molecule has 1 aliphatic carbocycles. The van der Waals surface area contributed by atoms with Crippen LogP contribution in [-0.4, -0.2) is 16.9 Å². The molecule has 3 heteroatoms. The monoisotopic (exact) mass is 238 g/mol. The van der Waals surface area contributed by atoms with E-state index in [1.165, 1.54) is 19.3 Å². The average molecular weight is 239 g/mol. The molecule has 0 aromatic carbocycles. The highest BCUT2D eigenvalue weighted by Gasteiger charge is 2.24. The molecular weight excluding hydrogens is 220 g/mol. The summed E-state index contributed by atoms with van der Waals surface area (Å²) in [6, 6.07) is 6.14. The van der Waals surface area contributed by atoms with Gasteiger partial charge in [-0.2, -0.15) is 0 Å². The van der Waals surface area contributed by atoms with Gasteiger partial charge in [-0.25, -0.2) is 0 Å². The van der Waals surface area contributed by atoms with Crippen molar-refractivity contribution < 1.29 is 0 Å². The molecule has 0 saturated heterocycles. The number of aromatic nitrogens is 1. The van der Waals surface area contributed by atoms with Crippen molar-refractivity contribution in [3.05, 3.63) is 29.6 Å². The summed E-state index contributed by atoms with van der Waals surface area (Å²) in [7, 11) is 0. The molecule has 0 aliphatic heterocycles. The van der Waals surface area contributed by atoms with Crippen LogP contribution in [0.5, 0.6) is 0 Å². The van der Waals surface area contributed by atoms with Gasteiger partial charge in [0.05, 0.1) is 5.69 Å². The van der Waals surface area contributed by atoms with Crippen LogP contribution in [0.4, 0.5) is 0 Å². The van der Waals surface area contributed by atoms with Crippen molar-refractivity contribution in [1.29, 1.82) is 0 Å². The zero-order valence-corrected chi connectivity index (χ0v) is 10.5. The summed E-state index contributed by atoms with van der Waals surface area (Å²) in [6.07, 6.45) is 3.72. The maximum atomic E-state index is 6.23. The number of nitrogens with one attached hydrogen (secondary N) is 1. The Morgan fingerprint density at radius 2 is 2.31 bits per heavy atom. The maximum absolute atomic E-state index is 6.23. The van der Waals surface area contributed by atoms with E-state index in [0.717, 1.165) is 24.5 Å². The van der Waals surface area contributed by atoms with Gasteiger partial charge in [-0.15, -0.1) is 11.6 Å². The molecular formula is C13H19ClN2. The summed E-state index contributed by atoms with van der Waals surface area (Å²) in [6.45, 7) is 3.89.